The SMILES string of the molecule is COc1cccc(S(=O)(=O)N2CC(Oc3nccs3)C2)c1. The predicted molar refractivity (Wildman–Crippen MR) is 78.3 cm³/mol. The van der Waals surface area contributed by atoms with Crippen LogP contribution in [-0.4, -0.2) is 44.0 Å². The lowest BCUT2D eigenvalue weighted by atomic mass is 10.2. The molecule has 1 aliphatic rings. The number of hydrogen-bond acceptors (Lipinski definition) is 6. The summed E-state index contributed by atoms with van der Waals surface area (Å²) in [7, 11) is -1.98. The van der Waals surface area contributed by atoms with E-state index < -0.39 is 10.0 Å². The van der Waals surface area contributed by atoms with E-state index >= 15 is 0 Å². The second kappa shape index (κ2) is 5.63. The summed E-state index contributed by atoms with van der Waals surface area (Å²) in [6.07, 6.45) is 1.51. The van der Waals surface area contributed by atoms with E-state index in [-0.39, 0.29) is 11.0 Å². The molecular formula is C13H14N2O4S2. The summed E-state index contributed by atoms with van der Waals surface area (Å²) < 4.78 is 36.9. The smallest absolute Gasteiger partial charge is 0.273 e. The van der Waals surface area contributed by atoms with Crippen molar-refractivity contribution in [3.8, 4) is 10.9 Å². The molecule has 6 nitrogen and oxygen atoms in total. The third-order valence-electron chi connectivity index (χ3n) is 3.17. The van der Waals surface area contributed by atoms with Crippen LogP contribution in [0.2, 0.25) is 0 Å². The molecule has 2 aromatic rings. The minimum Gasteiger partial charge on any atom is -0.497 e. The Labute approximate surface area is 127 Å². The van der Waals surface area contributed by atoms with Crippen molar-refractivity contribution in [1.29, 1.82) is 0 Å². The molecule has 0 bridgehead atoms. The minimum atomic E-state index is -3.49. The second-order valence-corrected chi connectivity index (χ2v) is 7.33. The monoisotopic (exact) mass is 326 g/mol. The van der Waals surface area contributed by atoms with E-state index in [9.17, 15) is 8.42 Å². The van der Waals surface area contributed by atoms with Gasteiger partial charge in [0.2, 0.25) is 10.0 Å². The molecule has 0 saturated carbocycles. The van der Waals surface area contributed by atoms with Crippen LogP contribution >= 0.6 is 11.3 Å². The molecule has 21 heavy (non-hydrogen) atoms. The van der Waals surface area contributed by atoms with Gasteiger partial charge in [0, 0.05) is 17.6 Å². The standard InChI is InChI=1S/C13H14N2O4S2/c1-18-10-3-2-4-12(7-10)21(16,17)15-8-11(9-15)19-13-14-5-6-20-13/h2-7,11H,8-9H2,1H3. The van der Waals surface area contributed by atoms with Gasteiger partial charge in [-0.3, -0.25) is 0 Å². The topological polar surface area (TPSA) is 68.7 Å². The normalized spacial score (nSPS) is 16.4. The number of aromatic nitrogens is 1. The Hall–Kier alpha value is -1.64. The largest absolute Gasteiger partial charge is 0.497 e. The Kier molecular flexibility index (Phi) is 3.83. The van der Waals surface area contributed by atoms with Gasteiger partial charge in [0.05, 0.1) is 25.1 Å². The molecule has 0 radical (unpaired) electrons. The molecule has 0 amide bonds. The number of hydrogen-bond donors (Lipinski definition) is 0. The first-order valence-corrected chi connectivity index (χ1v) is 8.62. The zero-order chi connectivity index (χ0) is 14.9. The number of benzene rings is 1. The van der Waals surface area contributed by atoms with E-state index in [0.717, 1.165) is 0 Å². The van der Waals surface area contributed by atoms with Crippen molar-refractivity contribution in [2.24, 2.45) is 0 Å². The summed E-state index contributed by atoms with van der Waals surface area (Å²) in [4.78, 5) is 4.25. The van der Waals surface area contributed by atoms with Gasteiger partial charge < -0.3 is 9.47 Å². The van der Waals surface area contributed by atoms with Crippen LogP contribution in [0.4, 0.5) is 0 Å². The molecule has 1 aromatic heterocycles. The van der Waals surface area contributed by atoms with Gasteiger partial charge in [-0.05, 0) is 12.1 Å². The van der Waals surface area contributed by atoms with Crippen molar-refractivity contribution in [1.82, 2.24) is 9.29 Å². The highest BCUT2D eigenvalue weighted by Gasteiger charge is 2.38. The van der Waals surface area contributed by atoms with Crippen LogP contribution in [0.5, 0.6) is 10.9 Å². The third-order valence-corrected chi connectivity index (χ3v) is 5.66. The Morgan fingerprint density at radius 1 is 1.38 bits per heavy atom. The van der Waals surface area contributed by atoms with Gasteiger partial charge >= 0.3 is 0 Å². The van der Waals surface area contributed by atoms with Crippen molar-refractivity contribution in [3.63, 3.8) is 0 Å². The molecule has 8 heteroatoms. The lowest BCUT2D eigenvalue weighted by Crippen LogP contribution is -2.55. The van der Waals surface area contributed by atoms with E-state index in [1.807, 2.05) is 5.38 Å². The number of thiazole rings is 1. The average molecular weight is 326 g/mol. The van der Waals surface area contributed by atoms with Crippen molar-refractivity contribution in [2.75, 3.05) is 20.2 Å². The first-order chi connectivity index (χ1) is 10.1. The zero-order valence-electron chi connectivity index (χ0n) is 11.3. The van der Waals surface area contributed by atoms with Crippen molar-refractivity contribution >= 4 is 21.4 Å². The number of ether oxygens (including phenoxy) is 2. The molecular weight excluding hydrogens is 312 g/mol. The molecule has 0 N–H and O–H groups in total. The van der Waals surface area contributed by atoms with Gasteiger partial charge in [-0.15, -0.1) is 0 Å². The maximum absolute atomic E-state index is 12.4. The molecule has 2 heterocycles. The molecule has 1 fully saturated rings. The van der Waals surface area contributed by atoms with Gasteiger partial charge in [0.15, 0.2) is 0 Å². The molecule has 0 unspecified atom stereocenters. The molecule has 1 aromatic carbocycles. The maximum atomic E-state index is 12.4. The van der Waals surface area contributed by atoms with E-state index in [1.54, 1.807) is 24.4 Å². The van der Waals surface area contributed by atoms with Crippen LogP contribution in [0.3, 0.4) is 0 Å². The van der Waals surface area contributed by atoms with Gasteiger partial charge in [-0.2, -0.15) is 4.31 Å². The van der Waals surface area contributed by atoms with Crippen LogP contribution in [0, 0.1) is 0 Å². The van der Waals surface area contributed by atoms with E-state index in [2.05, 4.69) is 4.98 Å². The summed E-state index contributed by atoms with van der Waals surface area (Å²) in [6.45, 7) is 0.665. The summed E-state index contributed by atoms with van der Waals surface area (Å²) in [5.74, 6) is 0.521. The Bertz CT molecular complexity index is 710. The highest BCUT2D eigenvalue weighted by molar-refractivity contribution is 7.89. The Morgan fingerprint density at radius 2 is 2.19 bits per heavy atom. The van der Waals surface area contributed by atoms with Crippen LogP contribution in [0.25, 0.3) is 0 Å². The lowest BCUT2D eigenvalue weighted by molar-refractivity contribution is 0.0759. The van der Waals surface area contributed by atoms with Crippen LogP contribution in [-0.2, 0) is 10.0 Å². The average Bonchev–Trinajstić information content (AvgIpc) is 2.95. The number of rotatable bonds is 5. The van der Waals surface area contributed by atoms with Crippen LogP contribution in [0.1, 0.15) is 0 Å². The van der Waals surface area contributed by atoms with Gasteiger partial charge in [0.25, 0.3) is 5.19 Å². The van der Waals surface area contributed by atoms with Crippen LogP contribution in [0.15, 0.2) is 40.7 Å². The molecule has 0 spiro atoms. The number of sulfonamides is 1. The third kappa shape index (κ3) is 2.87. The quantitative estimate of drug-likeness (QED) is 0.835. The van der Waals surface area contributed by atoms with Crippen molar-refractivity contribution in [3.05, 3.63) is 35.8 Å². The van der Waals surface area contributed by atoms with Gasteiger partial charge in [0.1, 0.15) is 11.9 Å². The molecule has 0 atom stereocenters. The number of methoxy groups -OCH3 is 1. The number of nitrogens with zero attached hydrogens (tertiary/aromatic N) is 2. The Morgan fingerprint density at radius 3 is 2.86 bits per heavy atom. The highest BCUT2D eigenvalue weighted by atomic mass is 32.2. The summed E-state index contributed by atoms with van der Waals surface area (Å²) in [6, 6.07) is 6.45. The molecule has 112 valence electrons. The fourth-order valence-electron chi connectivity index (χ4n) is 1.99. The summed E-state index contributed by atoms with van der Waals surface area (Å²) in [5, 5.41) is 2.39. The first kappa shape index (κ1) is 14.3. The lowest BCUT2D eigenvalue weighted by Gasteiger charge is -2.37. The van der Waals surface area contributed by atoms with Gasteiger partial charge in [-0.25, -0.2) is 13.4 Å². The first-order valence-electron chi connectivity index (χ1n) is 6.30. The molecule has 0 aliphatic carbocycles. The van der Waals surface area contributed by atoms with Crippen LogP contribution < -0.4 is 9.47 Å². The molecule has 3 rings (SSSR count). The molecule has 1 aliphatic heterocycles. The minimum absolute atomic E-state index is 0.142. The zero-order valence-corrected chi connectivity index (χ0v) is 12.9. The summed E-state index contributed by atoms with van der Waals surface area (Å²) in [5.41, 5.74) is 0. The fourth-order valence-corrected chi connectivity index (χ4v) is 4.08. The van der Waals surface area contributed by atoms with Gasteiger partial charge in [-0.1, -0.05) is 17.4 Å². The second-order valence-electron chi connectivity index (χ2n) is 4.54. The maximum Gasteiger partial charge on any atom is 0.273 e. The van der Waals surface area contributed by atoms with Crippen molar-refractivity contribution in [2.45, 2.75) is 11.0 Å². The van der Waals surface area contributed by atoms with Crippen molar-refractivity contribution < 1.29 is 17.9 Å². The predicted octanol–water partition coefficient (Wildman–Crippen LogP) is 1.60. The fraction of sp³-hybridized carbons (Fsp3) is 0.308. The summed E-state index contributed by atoms with van der Waals surface area (Å²) >= 11 is 1.39. The molecule has 1 saturated heterocycles. The van der Waals surface area contributed by atoms with E-state index in [1.165, 1.54) is 28.8 Å². The van der Waals surface area contributed by atoms with E-state index in [4.69, 9.17) is 9.47 Å². The Balaban J connectivity index is 1.67. The highest BCUT2D eigenvalue weighted by Crippen LogP contribution is 2.27. The van der Waals surface area contributed by atoms with E-state index in [0.29, 0.717) is 24.0 Å².